The number of hydrogen-bond acceptors (Lipinski definition) is 6. The number of allylic oxidation sites excluding steroid dienone is 1. The van der Waals surface area contributed by atoms with Crippen molar-refractivity contribution in [1.29, 1.82) is 0 Å². The van der Waals surface area contributed by atoms with E-state index < -0.39 is 11.6 Å². The molecule has 1 unspecified atom stereocenters. The molecular formula is C21H37N5O. The van der Waals surface area contributed by atoms with Crippen LogP contribution in [-0.2, 0) is 0 Å². The normalized spacial score (nSPS) is 27.1. The quantitative estimate of drug-likeness (QED) is 0.309. The molecule has 6 nitrogen and oxygen atoms in total. The lowest BCUT2D eigenvalue weighted by Crippen LogP contribution is -2.63. The highest BCUT2D eigenvalue weighted by Crippen LogP contribution is 2.31. The standard InChI is InChI=1S/C21H37N5O/c1-5-7-10-18(25-27)11-8-9-12-19(22)17(3)14-26-15-20(4,23)21(24,16-26)13-6-2/h12,18H,3,5-7,9-10,13-16,22-24H2,1-2,4H3/b19-12-/t18?,20-,21+/m1/s1. The average molecular weight is 376 g/mol. The van der Waals surface area contributed by atoms with E-state index in [9.17, 15) is 4.91 Å². The fourth-order valence-corrected chi connectivity index (χ4v) is 3.57. The molecule has 1 aliphatic heterocycles. The molecule has 0 aromatic rings. The van der Waals surface area contributed by atoms with Crippen LogP contribution in [-0.4, -0.2) is 41.7 Å². The van der Waals surface area contributed by atoms with Gasteiger partial charge in [0, 0.05) is 42.8 Å². The second-order valence-corrected chi connectivity index (χ2v) is 8.02. The van der Waals surface area contributed by atoms with Crippen LogP contribution < -0.4 is 17.2 Å². The Bertz CT molecular complexity index is 601. The maximum atomic E-state index is 10.8. The third kappa shape index (κ3) is 6.76. The summed E-state index contributed by atoms with van der Waals surface area (Å²) in [6.45, 7) is 12.4. The SMILES string of the molecule is C=C(CN1C[C@@](N)(CCC)[C@](C)(N)C1)/C(N)=C/CC#CC(CCCC)N=O. The summed E-state index contributed by atoms with van der Waals surface area (Å²) < 4.78 is 0. The molecule has 3 atom stereocenters. The zero-order valence-corrected chi connectivity index (χ0v) is 17.3. The van der Waals surface area contributed by atoms with Crippen LogP contribution in [0.2, 0.25) is 0 Å². The smallest absolute Gasteiger partial charge is 0.152 e. The third-order valence-corrected chi connectivity index (χ3v) is 5.37. The minimum Gasteiger partial charge on any atom is -0.399 e. The molecule has 0 aromatic heterocycles. The summed E-state index contributed by atoms with van der Waals surface area (Å²) in [5, 5.41) is 3.06. The molecule has 0 spiro atoms. The first-order chi connectivity index (χ1) is 12.7. The lowest BCUT2D eigenvalue weighted by atomic mass is 9.79. The van der Waals surface area contributed by atoms with Crippen LogP contribution in [0.4, 0.5) is 0 Å². The van der Waals surface area contributed by atoms with Gasteiger partial charge >= 0.3 is 0 Å². The molecule has 0 bridgehead atoms. The Hall–Kier alpha value is -1.68. The van der Waals surface area contributed by atoms with Crippen molar-refractivity contribution in [3.8, 4) is 11.8 Å². The van der Waals surface area contributed by atoms with Crippen molar-refractivity contribution in [2.45, 2.75) is 76.4 Å². The van der Waals surface area contributed by atoms with E-state index in [1.807, 2.05) is 13.0 Å². The molecule has 152 valence electrons. The van der Waals surface area contributed by atoms with Crippen molar-refractivity contribution >= 4 is 0 Å². The summed E-state index contributed by atoms with van der Waals surface area (Å²) in [6, 6.07) is -0.425. The minimum absolute atomic E-state index is 0.388. The highest BCUT2D eigenvalue weighted by Gasteiger charge is 2.49. The van der Waals surface area contributed by atoms with Gasteiger partial charge < -0.3 is 17.2 Å². The fourth-order valence-electron chi connectivity index (χ4n) is 3.57. The van der Waals surface area contributed by atoms with Crippen molar-refractivity contribution in [1.82, 2.24) is 4.90 Å². The average Bonchev–Trinajstić information content (AvgIpc) is 2.82. The van der Waals surface area contributed by atoms with E-state index in [4.69, 9.17) is 17.2 Å². The molecule has 1 heterocycles. The molecule has 1 aliphatic rings. The Kier molecular flexibility index (Phi) is 9.17. The van der Waals surface area contributed by atoms with Gasteiger partial charge in [-0.2, -0.15) is 0 Å². The van der Waals surface area contributed by atoms with Gasteiger partial charge in [-0.15, -0.1) is 4.91 Å². The molecule has 1 rings (SSSR count). The van der Waals surface area contributed by atoms with Crippen molar-refractivity contribution in [3.05, 3.63) is 28.8 Å². The van der Waals surface area contributed by atoms with Crippen molar-refractivity contribution in [2.75, 3.05) is 19.6 Å². The highest BCUT2D eigenvalue weighted by atomic mass is 16.3. The van der Waals surface area contributed by atoms with Gasteiger partial charge in [0.1, 0.15) is 0 Å². The van der Waals surface area contributed by atoms with Crippen LogP contribution in [0, 0.1) is 16.7 Å². The van der Waals surface area contributed by atoms with E-state index in [0.29, 0.717) is 25.1 Å². The van der Waals surface area contributed by atoms with E-state index in [-0.39, 0.29) is 5.54 Å². The molecule has 27 heavy (non-hydrogen) atoms. The molecule has 6 N–H and O–H groups in total. The van der Waals surface area contributed by atoms with Gasteiger partial charge in [0.25, 0.3) is 0 Å². The zero-order chi connectivity index (χ0) is 20.5. The van der Waals surface area contributed by atoms with Crippen LogP contribution in [0.3, 0.4) is 0 Å². The number of hydrogen-bond donors (Lipinski definition) is 3. The van der Waals surface area contributed by atoms with E-state index in [0.717, 1.165) is 44.3 Å². The first kappa shape index (κ1) is 23.4. The minimum atomic E-state index is -0.428. The molecule has 0 amide bonds. The monoisotopic (exact) mass is 375 g/mol. The Balaban J connectivity index is 2.58. The van der Waals surface area contributed by atoms with Crippen LogP contribution in [0.25, 0.3) is 0 Å². The van der Waals surface area contributed by atoms with Crippen molar-refractivity contribution in [2.24, 2.45) is 22.4 Å². The summed E-state index contributed by atoms with van der Waals surface area (Å²) in [7, 11) is 0. The molecule has 6 heteroatoms. The number of rotatable bonds is 10. The van der Waals surface area contributed by atoms with Crippen LogP contribution in [0.1, 0.15) is 59.3 Å². The molecule has 0 saturated carbocycles. The number of nitroso groups, excluding NO2 is 1. The molecule has 0 radical (unpaired) electrons. The van der Waals surface area contributed by atoms with E-state index in [1.54, 1.807) is 0 Å². The van der Waals surface area contributed by atoms with Gasteiger partial charge in [-0.05, 0) is 31.4 Å². The van der Waals surface area contributed by atoms with E-state index in [2.05, 4.69) is 42.3 Å². The van der Waals surface area contributed by atoms with Crippen LogP contribution in [0.5, 0.6) is 0 Å². The Morgan fingerprint density at radius 1 is 1.33 bits per heavy atom. The Labute approximate surface area is 164 Å². The fraction of sp³-hybridized carbons (Fsp3) is 0.714. The van der Waals surface area contributed by atoms with E-state index >= 15 is 0 Å². The van der Waals surface area contributed by atoms with Gasteiger partial charge in [-0.25, -0.2) is 0 Å². The number of likely N-dealkylation sites (tertiary alicyclic amines) is 1. The van der Waals surface area contributed by atoms with Gasteiger partial charge in [0.05, 0.1) is 0 Å². The summed E-state index contributed by atoms with van der Waals surface area (Å²) in [4.78, 5) is 13.0. The summed E-state index contributed by atoms with van der Waals surface area (Å²) >= 11 is 0. The lowest BCUT2D eigenvalue weighted by molar-refractivity contribution is 0.286. The summed E-state index contributed by atoms with van der Waals surface area (Å²) in [5.74, 6) is 5.88. The Morgan fingerprint density at radius 3 is 2.63 bits per heavy atom. The third-order valence-electron chi connectivity index (χ3n) is 5.37. The van der Waals surface area contributed by atoms with Gasteiger partial charge in [0.15, 0.2) is 6.04 Å². The highest BCUT2D eigenvalue weighted by molar-refractivity contribution is 5.29. The molecule has 1 saturated heterocycles. The maximum Gasteiger partial charge on any atom is 0.152 e. The molecule has 0 aliphatic carbocycles. The molecule has 0 aromatic carbocycles. The largest absolute Gasteiger partial charge is 0.399 e. The van der Waals surface area contributed by atoms with E-state index in [1.165, 1.54) is 0 Å². The summed E-state index contributed by atoms with van der Waals surface area (Å²) in [5.41, 5.74) is 19.8. The number of nitrogens with two attached hydrogens (primary N) is 3. The Morgan fingerprint density at radius 2 is 2.04 bits per heavy atom. The van der Waals surface area contributed by atoms with Gasteiger partial charge in [-0.1, -0.05) is 56.7 Å². The van der Waals surface area contributed by atoms with Crippen molar-refractivity contribution < 1.29 is 0 Å². The van der Waals surface area contributed by atoms with Crippen molar-refractivity contribution in [3.63, 3.8) is 0 Å². The van der Waals surface area contributed by atoms with Crippen LogP contribution in [0.15, 0.2) is 29.1 Å². The molecular weight excluding hydrogens is 338 g/mol. The first-order valence-electron chi connectivity index (χ1n) is 9.93. The maximum absolute atomic E-state index is 10.8. The second-order valence-electron chi connectivity index (χ2n) is 8.02. The molecule has 1 fully saturated rings. The summed E-state index contributed by atoms with van der Waals surface area (Å²) in [6.07, 6.45) is 6.92. The lowest BCUT2D eigenvalue weighted by Gasteiger charge is -2.36. The predicted molar refractivity (Wildman–Crippen MR) is 114 cm³/mol. The number of unbranched alkanes of at least 4 members (excludes halogenated alkanes) is 1. The first-order valence-corrected chi connectivity index (χ1v) is 9.93. The topological polar surface area (TPSA) is 111 Å². The number of nitrogens with zero attached hydrogens (tertiary/aromatic N) is 2. The predicted octanol–water partition coefficient (Wildman–Crippen LogP) is 2.63. The zero-order valence-electron chi connectivity index (χ0n) is 17.3. The van der Waals surface area contributed by atoms with Crippen LogP contribution >= 0.6 is 0 Å². The van der Waals surface area contributed by atoms with Gasteiger partial charge in [0.2, 0.25) is 0 Å². The van der Waals surface area contributed by atoms with Gasteiger partial charge in [-0.3, -0.25) is 4.90 Å². The second kappa shape index (κ2) is 10.6.